The van der Waals surface area contributed by atoms with Crippen LogP contribution < -0.4 is 14.8 Å². The molecule has 0 spiro atoms. The monoisotopic (exact) mass is 292 g/mol. The molecule has 0 saturated heterocycles. The molecule has 0 bridgehead atoms. The molecule has 0 radical (unpaired) electrons. The average Bonchev–Trinajstić information content (AvgIpc) is 2.99. The van der Waals surface area contributed by atoms with Crippen LogP contribution in [0.5, 0.6) is 11.5 Å². The smallest absolute Gasteiger partial charge is 0.127 e. The molecule has 0 aliphatic heterocycles. The highest BCUT2D eigenvalue weighted by Crippen LogP contribution is 2.35. The Kier molecular flexibility index (Phi) is 5.38. The lowest BCUT2D eigenvalue weighted by atomic mass is 10.0. The van der Waals surface area contributed by atoms with E-state index in [1.54, 1.807) is 25.6 Å². The van der Waals surface area contributed by atoms with Crippen molar-refractivity contribution in [3.63, 3.8) is 0 Å². The molecule has 1 aromatic heterocycles. The minimum atomic E-state index is 0.122. The van der Waals surface area contributed by atoms with Crippen LogP contribution in [0.25, 0.3) is 0 Å². The van der Waals surface area contributed by atoms with E-state index < -0.39 is 0 Å². The minimum Gasteiger partial charge on any atom is -0.496 e. The van der Waals surface area contributed by atoms with E-state index in [1.807, 2.05) is 29.8 Å². The van der Waals surface area contributed by atoms with Crippen molar-refractivity contribution in [1.29, 1.82) is 0 Å². The van der Waals surface area contributed by atoms with Crippen LogP contribution in [0.1, 0.15) is 23.5 Å². The summed E-state index contributed by atoms with van der Waals surface area (Å²) in [5, 5.41) is 6.59. The molecule has 2 aromatic rings. The Bertz CT molecular complexity index is 506. The quantitative estimate of drug-likeness (QED) is 0.852. The zero-order valence-corrected chi connectivity index (χ0v) is 12.9. The van der Waals surface area contributed by atoms with Gasteiger partial charge in [-0.3, -0.25) is 0 Å². The number of ether oxygens (including phenoxy) is 2. The fourth-order valence-electron chi connectivity index (χ4n) is 2.27. The van der Waals surface area contributed by atoms with Gasteiger partial charge in [0.25, 0.3) is 0 Å². The van der Waals surface area contributed by atoms with Crippen molar-refractivity contribution in [1.82, 2.24) is 10.3 Å². The molecule has 1 aromatic carbocycles. The Balaban J connectivity index is 2.37. The number of nitrogens with one attached hydrogen (secondary N) is 1. The van der Waals surface area contributed by atoms with E-state index in [1.165, 1.54) is 0 Å². The van der Waals surface area contributed by atoms with Gasteiger partial charge < -0.3 is 14.8 Å². The molecule has 108 valence electrons. The number of rotatable bonds is 7. The van der Waals surface area contributed by atoms with Gasteiger partial charge >= 0.3 is 0 Å². The summed E-state index contributed by atoms with van der Waals surface area (Å²) in [6.45, 7) is 2.97. The molecule has 1 atom stereocenters. The standard InChI is InChI=1S/C15H20N2O2S/c1-4-16-11(10-14-17-8-9-20-14)15-12(18-2)6-5-7-13(15)19-3/h5-9,11,16H,4,10H2,1-3H3. The Morgan fingerprint density at radius 3 is 2.45 bits per heavy atom. The van der Waals surface area contributed by atoms with Crippen molar-refractivity contribution in [2.24, 2.45) is 0 Å². The van der Waals surface area contributed by atoms with Gasteiger partial charge in [-0.25, -0.2) is 4.98 Å². The summed E-state index contributed by atoms with van der Waals surface area (Å²) in [4.78, 5) is 4.37. The van der Waals surface area contributed by atoms with Crippen molar-refractivity contribution in [3.8, 4) is 11.5 Å². The Hall–Kier alpha value is -1.59. The molecule has 0 amide bonds. The number of aromatic nitrogens is 1. The van der Waals surface area contributed by atoms with Gasteiger partial charge in [0.1, 0.15) is 11.5 Å². The molecule has 1 unspecified atom stereocenters. The summed E-state index contributed by atoms with van der Waals surface area (Å²) in [6.07, 6.45) is 2.66. The second kappa shape index (κ2) is 7.26. The minimum absolute atomic E-state index is 0.122. The van der Waals surface area contributed by atoms with Crippen LogP contribution in [0, 0.1) is 0 Å². The molecular formula is C15H20N2O2S. The fourth-order valence-corrected chi connectivity index (χ4v) is 2.94. The Morgan fingerprint density at radius 1 is 1.25 bits per heavy atom. The first-order valence-electron chi connectivity index (χ1n) is 6.62. The van der Waals surface area contributed by atoms with Crippen LogP contribution in [-0.2, 0) is 6.42 Å². The topological polar surface area (TPSA) is 43.4 Å². The van der Waals surface area contributed by atoms with E-state index in [9.17, 15) is 0 Å². The summed E-state index contributed by atoms with van der Waals surface area (Å²) in [5.74, 6) is 1.68. The van der Waals surface area contributed by atoms with Crippen LogP contribution in [0.2, 0.25) is 0 Å². The number of methoxy groups -OCH3 is 2. The number of hydrogen-bond donors (Lipinski definition) is 1. The first-order valence-corrected chi connectivity index (χ1v) is 7.50. The summed E-state index contributed by atoms with van der Waals surface area (Å²) < 4.78 is 11.0. The lowest BCUT2D eigenvalue weighted by Gasteiger charge is -2.22. The van der Waals surface area contributed by atoms with Crippen molar-refractivity contribution < 1.29 is 9.47 Å². The van der Waals surface area contributed by atoms with E-state index in [-0.39, 0.29) is 6.04 Å². The molecule has 20 heavy (non-hydrogen) atoms. The molecular weight excluding hydrogens is 272 g/mol. The molecule has 4 nitrogen and oxygen atoms in total. The maximum Gasteiger partial charge on any atom is 0.127 e. The second-order valence-corrected chi connectivity index (χ2v) is 5.30. The molecule has 0 aliphatic carbocycles. The van der Waals surface area contributed by atoms with E-state index in [0.717, 1.165) is 35.0 Å². The number of nitrogens with zero attached hydrogens (tertiary/aromatic N) is 1. The Morgan fingerprint density at radius 2 is 1.95 bits per heavy atom. The van der Waals surface area contributed by atoms with Crippen LogP contribution >= 0.6 is 11.3 Å². The van der Waals surface area contributed by atoms with E-state index >= 15 is 0 Å². The lowest BCUT2D eigenvalue weighted by molar-refractivity contribution is 0.370. The number of benzene rings is 1. The highest BCUT2D eigenvalue weighted by atomic mass is 32.1. The fraction of sp³-hybridized carbons (Fsp3) is 0.400. The molecule has 5 heteroatoms. The summed E-state index contributed by atoms with van der Waals surface area (Å²) >= 11 is 1.67. The molecule has 1 N–H and O–H groups in total. The first-order chi connectivity index (χ1) is 9.80. The normalized spacial score (nSPS) is 12.2. The Labute approximate surface area is 123 Å². The first kappa shape index (κ1) is 14.8. The van der Waals surface area contributed by atoms with Crippen molar-refractivity contribution >= 4 is 11.3 Å². The van der Waals surface area contributed by atoms with Crippen LogP contribution in [-0.4, -0.2) is 25.7 Å². The van der Waals surface area contributed by atoms with Gasteiger partial charge in [-0.05, 0) is 18.7 Å². The third-order valence-corrected chi connectivity index (χ3v) is 3.93. The van der Waals surface area contributed by atoms with E-state index in [2.05, 4.69) is 17.2 Å². The van der Waals surface area contributed by atoms with Crippen molar-refractivity contribution in [2.45, 2.75) is 19.4 Å². The number of likely N-dealkylation sites (N-methyl/N-ethyl adjacent to an activating group) is 1. The third-order valence-electron chi connectivity index (χ3n) is 3.13. The molecule has 1 heterocycles. The molecule has 0 saturated carbocycles. The number of hydrogen-bond acceptors (Lipinski definition) is 5. The highest BCUT2D eigenvalue weighted by molar-refractivity contribution is 7.09. The maximum atomic E-state index is 5.50. The second-order valence-electron chi connectivity index (χ2n) is 4.32. The maximum absolute atomic E-state index is 5.50. The summed E-state index contributed by atoms with van der Waals surface area (Å²) in [7, 11) is 3.37. The van der Waals surface area contributed by atoms with Crippen molar-refractivity contribution in [3.05, 3.63) is 40.3 Å². The molecule has 0 aliphatic rings. The van der Waals surface area contributed by atoms with Gasteiger partial charge in [-0.2, -0.15) is 0 Å². The lowest BCUT2D eigenvalue weighted by Crippen LogP contribution is -2.24. The van der Waals surface area contributed by atoms with Crippen LogP contribution in [0.15, 0.2) is 29.8 Å². The highest BCUT2D eigenvalue weighted by Gasteiger charge is 2.21. The summed E-state index contributed by atoms with van der Waals surface area (Å²) in [6, 6.07) is 5.99. The summed E-state index contributed by atoms with van der Waals surface area (Å²) in [5.41, 5.74) is 1.05. The third kappa shape index (κ3) is 3.29. The van der Waals surface area contributed by atoms with Crippen molar-refractivity contribution in [2.75, 3.05) is 20.8 Å². The van der Waals surface area contributed by atoms with Gasteiger partial charge in [0, 0.05) is 24.0 Å². The van der Waals surface area contributed by atoms with Gasteiger partial charge in [0.15, 0.2) is 0 Å². The van der Waals surface area contributed by atoms with Gasteiger partial charge in [0.2, 0.25) is 0 Å². The van der Waals surface area contributed by atoms with Gasteiger partial charge in [-0.1, -0.05) is 13.0 Å². The number of thiazole rings is 1. The average molecular weight is 292 g/mol. The molecule has 0 fully saturated rings. The predicted molar refractivity (Wildman–Crippen MR) is 81.8 cm³/mol. The molecule has 2 rings (SSSR count). The SMILES string of the molecule is CCNC(Cc1nccs1)c1c(OC)cccc1OC. The van der Waals surface area contributed by atoms with Crippen LogP contribution in [0.3, 0.4) is 0 Å². The van der Waals surface area contributed by atoms with Gasteiger partial charge in [0.05, 0.1) is 24.8 Å². The zero-order chi connectivity index (χ0) is 14.4. The zero-order valence-electron chi connectivity index (χ0n) is 12.1. The predicted octanol–water partition coefficient (Wildman–Crippen LogP) is 3.05. The van der Waals surface area contributed by atoms with Gasteiger partial charge in [-0.15, -0.1) is 11.3 Å². The van der Waals surface area contributed by atoms with E-state index in [0.29, 0.717) is 0 Å². The van der Waals surface area contributed by atoms with E-state index in [4.69, 9.17) is 9.47 Å². The largest absolute Gasteiger partial charge is 0.496 e. The van der Waals surface area contributed by atoms with Crippen LogP contribution in [0.4, 0.5) is 0 Å².